The molecule has 10 nitrogen and oxygen atoms in total. The van der Waals surface area contributed by atoms with Crippen LogP contribution >= 0.6 is 0 Å². The van der Waals surface area contributed by atoms with E-state index in [1.165, 1.54) is 34.4 Å². The molecule has 0 amide bonds. The fourth-order valence-corrected chi connectivity index (χ4v) is 3.20. The zero-order valence-corrected chi connectivity index (χ0v) is 14.7. The van der Waals surface area contributed by atoms with Gasteiger partial charge in [0.05, 0.1) is 12.9 Å². The van der Waals surface area contributed by atoms with E-state index in [-0.39, 0.29) is 12.4 Å². The molecule has 1 aromatic heterocycles. The predicted octanol–water partition coefficient (Wildman–Crippen LogP) is -0.302. The molecule has 11 heteroatoms. The Hall–Kier alpha value is -2.41. The average Bonchev–Trinajstić information content (AvgIpc) is 3.23. The highest BCUT2D eigenvalue weighted by Gasteiger charge is 2.44. The van der Waals surface area contributed by atoms with Gasteiger partial charge in [-0.1, -0.05) is 12.1 Å². The van der Waals surface area contributed by atoms with Crippen LogP contribution in [-0.4, -0.2) is 61.2 Å². The minimum absolute atomic E-state index is 0.0857. The number of aliphatic hydroxyl groups excluding tert-OH is 3. The fourth-order valence-electron chi connectivity index (χ4n) is 3.20. The summed E-state index contributed by atoms with van der Waals surface area (Å²) in [7, 11) is 0. The van der Waals surface area contributed by atoms with Gasteiger partial charge in [0.25, 0.3) is 0 Å². The first-order chi connectivity index (χ1) is 13.5. The van der Waals surface area contributed by atoms with Crippen LogP contribution in [0.2, 0.25) is 0 Å². The van der Waals surface area contributed by atoms with Crippen molar-refractivity contribution in [3.63, 3.8) is 0 Å². The number of hydrogen-bond acceptors (Lipinski definition) is 9. The maximum Gasteiger partial charge on any atom is 0.165 e. The van der Waals surface area contributed by atoms with Crippen molar-refractivity contribution in [1.29, 1.82) is 0 Å². The summed E-state index contributed by atoms with van der Waals surface area (Å²) in [4.78, 5) is 14.1. The molecule has 28 heavy (non-hydrogen) atoms. The highest BCUT2D eigenvalue weighted by Crippen LogP contribution is 2.37. The average molecular weight is 393 g/mol. The number of imidazole rings is 1. The van der Waals surface area contributed by atoms with Crippen molar-refractivity contribution in [3.8, 4) is 0 Å². The standard InChI is InChI=1S/C17H20FN5O5/c18-10-3-1-2-9(4-10)6-27-23-8-21-16-12(15(23)19)20-7-22(16)17-14(26)13(25)11(5-24)28-17/h1-4,7-8,11,13-15,17,24-26H,5-6,19H2/t11-,13?,14?,15?,17-/m1/s1. The van der Waals surface area contributed by atoms with E-state index in [1.807, 2.05) is 0 Å². The smallest absolute Gasteiger partial charge is 0.165 e. The zero-order chi connectivity index (χ0) is 19.8. The van der Waals surface area contributed by atoms with Crippen molar-refractivity contribution in [2.45, 2.75) is 37.3 Å². The number of benzene rings is 1. The number of aliphatic hydroxyl groups is 3. The summed E-state index contributed by atoms with van der Waals surface area (Å²) in [5.74, 6) is -0.0230. The molecule has 0 aliphatic carbocycles. The number of nitrogens with two attached hydrogens (primary N) is 1. The molecule has 5 atom stereocenters. The highest BCUT2D eigenvalue weighted by atomic mass is 19.1. The van der Waals surface area contributed by atoms with Gasteiger partial charge in [-0.2, -0.15) is 0 Å². The third-order valence-corrected chi connectivity index (χ3v) is 4.70. The first kappa shape index (κ1) is 18.9. The van der Waals surface area contributed by atoms with Crippen LogP contribution in [0, 0.1) is 5.82 Å². The molecule has 150 valence electrons. The number of halogens is 1. The lowest BCUT2D eigenvalue weighted by molar-refractivity contribution is -0.136. The molecule has 1 fully saturated rings. The van der Waals surface area contributed by atoms with E-state index in [4.69, 9.17) is 15.3 Å². The van der Waals surface area contributed by atoms with E-state index >= 15 is 0 Å². The van der Waals surface area contributed by atoms with E-state index in [0.29, 0.717) is 17.1 Å². The van der Waals surface area contributed by atoms with E-state index < -0.39 is 37.3 Å². The summed E-state index contributed by atoms with van der Waals surface area (Å²) in [5.41, 5.74) is 7.18. The first-order valence-corrected chi connectivity index (χ1v) is 8.64. The molecule has 2 aromatic rings. The molecule has 1 aromatic carbocycles. The summed E-state index contributed by atoms with van der Waals surface area (Å²) in [5, 5.41) is 30.7. The predicted molar refractivity (Wildman–Crippen MR) is 93.3 cm³/mol. The topological polar surface area (TPSA) is 139 Å². The Morgan fingerprint density at radius 3 is 2.82 bits per heavy atom. The highest BCUT2D eigenvalue weighted by molar-refractivity contribution is 5.64. The molecular weight excluding hydrogens is 373 g/mol. The Labute approximate surface area is 159 Å². The summed E-state index contributed by atoms with van der Waals surface area (Å²) < 4.78 is 20.2. The van der Waals surface area contributed by atoms with Crippen molar-refractivity contribution in [2.24, 2.45) is 10.7 Å². The molecule has 4 rings (SSSR count). The molecule has 5 N–H and O–H groups in total. The first-order valence-electron chi connectivity index (χ1n) is 8.64. The monoisotopic (exact) mass is 393 g/mol. The van der Waals surface area contributed by atoms with Gasteiger partial charge in [0.1, 0.15) is 42.8 Å². The Morgan fingerprint density at radius 1 is 1.29 bits per heavy atom. The van der Waals surface area contributed by atoms with Gasteiger partial charge >= 0.3 is 0 Å². The Balaban J connectivity index is 1.50. The fraction of sp³-hybridized carbons (Fsp3) is 0.412. The van der Waals surface area contributed by atoms with Gasteiger partial charge in [0.2, 0.25) is 0 Å². The molecule has 3 heterocycles. The minimum atomic E-state index is -1.26. The third-order valence-electron chi connectivity index (χ3n) is 4.70. The second-order valence-electron chi connectivity index (χ2n) is 6.54. The molecule has 0 saturated carbocycles. The van der Waals surface area contributed by atoms with Crippen LogP contribution in [-0.2, 0) is 16.2 Å². The lowest BCUT2D eigenvalue weighted by Crippen LogP contribution is -2.36. The summed E-state index contributed by atoms with van der Waals surface area (Å²) in [6.07, 6.45) is -2.42. The number of aromatic nitrogens is 2. The van der Waals surface area contributed by atoms with Crippen LogP contribution in [0.5, 0.6) is 0 Å². The molecule has 0 radical (unpaired) electrons. The summed E-state index contributed by atoms with van der Waals surface area (Å²) in [6, 6.07) is 6.00. The van der Waals surface area contributed by atoms with Crippen LogP contribution in [0.4, 0.5) is 10.2 Å². The molecule has 2 aliphatic heterocycles. The van der Waals surface area contributed by atoms with Crippen LogP contribution in [0.15, 0.2) is 35.6 Å². The number of hydroxylamine groups is 2. The molecule has 3 unspecified atom stereocenters. The van der Waals surface area contributed by atoms with Crippen molar-refractivity contribution in [2.75, 3.05) is 6.61 Å². The number of nitrogens with zero attached hydrogens (tertiary/aromatic N) is 4. The Morgan fingerprint density at radius 2 is 2.11 bits per heavy atom. The number of fused-ring (bicyclic) bond motifs is 1. The Kier molecular flexibility index (Phi) is 5.10. The second-order valence-corrected chi connectivity index (χ2v) is 6.54. The van der Waals surface area contributed by atoms with E-state index in [0.717, 1.165) is 0 Å². The lowest BCUT2D eigenvalue weighted by atomic mass is 10.1. The second kappa shape index (κ2) is 7.54. The molecule has 0 bridgehead atoms. The number of aliphatic imine (C=N–C) groups is 1. The third kappa shape index (κ3) is 3.28. The largest absolute Gasteiger partial charge is 0.394 e. The van der Waals surface area contributed by atoms with Gasteiger partial charge in [-0.3, -0.25) is 9.40 Å². The van der Waals surface area contributed by atoms with Gasteiger partial charge in [0.15, 0.2) is 18.2 Å². The van der Waals surface area contributed by atoms with Crippen LogP contribution < -0.4 is 5.73 Å². The lowest BCUT2D eigenvalue weighted by Gasteiger charge is -2.28. The minimum Gasteiger partial charge on any atom is -0.394 e. The zero-order valence-electron chi connectivity index (χ0n) is 14.7. The van der Waals surface area contributed by atoms with Crippen LogP contribution in [0.3, 0.4) is 0 Å². The van der Waals surface area contributed by atoms with Gasteiger partial charge in [-0.25, -0.2) is 19.4 Å². The number of ether oxygens (including phenoxy) is 1. The SMILES string of the molecule is NC1c2ncn([C@@H]3O[C@H](CO)C(O)C3O)c2N=CN1OCc1cccc(F)c1. The maximum absolute atomic E-state index is 13.3. The molecule has 1 saturated heterocycles. The number of hydrogen-bond donors (Lipinski definition) is 4. The van der Waals surface area contributed by atoms with Crippen molar-refractivity contribution < 1.29 is 29.3 Å². The van der Waals surface area contributed by atoms with Crippen molar-refractivity contribution >= 4 is 12.2 Å². The van der Waals surface area contributed by atoms with E-state index in [9.17, 15) is 19.7 Å². The van der Waals surface area contributed by atoms with Gasteiger partial charge in [-0.05, 0) is 17.7 Å². The maximum atomic E-state index is 13.3. The molecule has 2 aliphatic rings. The van der Waals surface area contributed by atoms with Gasteiger partial charge in [0, 0.05) is 0 Å². The quantitative estimate of drug-likeness (QED) is 0.543. The Bertz CT molecular complexity index is 877. The van der Waals surface area contributed by atoms with Gasteiger partial charge in [-0.15, -0.1) is 0 Å². The van der Waals surface area contributed by atoms with E-state index in [1.54, 1.807) is 12.1 Å². The summed E-state index contributed by atoms with van der Waals surface area (Å²) in [6.45, 7) is -0.349. The molecule has 0 spiro atoms. The van der Waals surface area contributed by atoms with E-state index in [2.05, 4.69) is 9.98 Å². The van der Waals surface area contributed by atoms with Crippen molar-refractivity contribution in [1.82, 2.24) is 14.6 Å². The van der Waals surface area contributed by atoms with Crippen LogP contribution in [0.1, 0.15) is 23.7 Å². The summed E-state index contributed by atoms with van der Waals surface area (Å²) >= 11 is 0. The normalized spacial score (nSPS) is 29.3. The van der Waals surface area contributed by atoms with Crippen LogP contribution in [0.25, 0.3) is 0 Å². The van der Waals surface area contributed by atoms with Gasteiger partial charge < -0.3 is 25.8 Å². The van der Waals surface area contributed by atoms with Crippen molar-refractivity contribution in [3.05, 3.63) is 47.7 Å². The number of rotatable bonds is 5. The molecular formula is C17H20FN5O5.